The number of rotatable bonds is 0. The van der Waals surface area contributed by atoms with Gasteiger partial charge in [0.05, 0.1) is 10.9 Å². The minimum atomic E-state index is -0.464. The van der Waals surface area contributed by atoms with Crippen LogP contribution in [0.1, 0.15) is 5.69 Å². The van der Waals surface area contributed by atoms with Crippen LogP contribution in [-0.2, 0) is 0 Å². The second-order valence-corrected chi connectivity index (χ2v) is 2.34. The molecule has 0 unspecified atom stereocenters. The molecule has 0 aliphatic carbocycles. The van der Waals surface area contributed by atoms with Crippen molar-refractivity contribution in [3.63, 3.8) is 0 Å². The third-order valence-electron chi connectivity index (χ3n) is 1.60. The van der Waals surface area contributed by atoms with Crippen LogP contribution in [0.2, 0.25) is 0 Å². The first-order valence-electron chi connectivity index (χ1n) is 3.24. The fourth-order valence-electron chi connectivity index (χ4n) is 1.07. The number of aromatic nitrogens is 3. The molecule has 0 aliphatic rings. The Bertz CT molecular complexity index is 393. The van der Waals surface area contributed by atoms with Gasteiger partial charge in [-0.3, -0.25) is 5.10 Å². The predicted octanol–water partition coefficient (Wildman–Crippen LogP) is 1.41. The second kappa shape index (κ2) is 2.02. The van der Waals surface area contributed by atoms with Crippen molar-refractivity contribution in [3.05, 3.63) is 23.9 Å². The summed E-state index contributed by atoms with van der Waals surface area (Å²) in [6.07, 6.45) is 1.40. The average Bonchev–Trinajstić information content (AvgIpc) is 2.34. The lowest BCUT2D eigenvalue weighted by Gasteiger charge is -1.88. The largest absolute Gasteiger partial charge is 0.281 e. The highest BCUT2D eigenvalue weighted by molar-refractivity contribution is 5.80. The molecule has 3 nitrogen and oxygen atoms in total. The maximum Gasteiger partial charge on any atom is 0.224 e. The van der Waals surface area contributed by atoms with Crippen molar-refractivity contribution >= 4 is 10.9 Å². The van der Waals surface area contributed by atoms with Crippen molar-refractivity contribution in [3.8, 4) is 0 Å². The van der Waals surface area contributed by atoms with E-state index in [1.54, 1.807) is 13.0 Å². The summed E-state index contributed by atoms with van der Waals surface area (Å²) in [5, 5.41) is 7.04. The molecule has 2 aromatic heterocycles. The van der Waals surface area contributed by atoms with Gasteiger partial charge in [0.2, 0.25) is 5.95 Å². The summed E-state index contributed by atoms with van der Waals surface area (Å²) in [7, 11) is 0. The van der Waals surface area contributed by atoms with Crippen molar-refractivity contribution in [2.45, 2.75) is 6.92 Å². The predicted molar refractivity (Wildman–Crippen MR) is 38.6 cm³/mol. The van der Waals surface area contributed by atoms with Gasteiger partial charge in [0, 0.05) is 11.9 Å². The van der Waals surface area contributed by atoms with E-state index in [1.807, 2.05) is 0 Å². The van der Waals surface area contributed by atoms with Crippen LogP contribution in [0.3, 0.4) is 0 Å². The van der Waals surface area contributed by atoms with Gasteiger partial charge in [-0.2, -0.15) is 9.49 Å². The molecule has 0 radical (unpaired) electrons. The number of H-pyrrole nitrogens is 1. The third-order valence-corrected chi connectivity index (χ3v) is 1.60. The highest BCUT2D eigenvalue weighted by atomic mass is 19.1. The Hall–Kier alpha value is -1.45. The normalized spacial score (nSPS) is 10.7. The molecule has 2 heterocycles. The molecule has 0 saturated carbocycles. The summed E-state index contributed by atoms with van der Waals surface area (Å²) in [4.78, 5) is 3.51. The molecule has 11 heavy (non-hydrogen) atoms. The van der Waals surface area contributed by atoms with Crippen LogP contribution in [-0.4, -0.2) is 15.2 Å². The first-order chi connectivity index (χ1) is 5.29. The van der Waals surface area contributed by atoms with Crippen molar-refractivity contribution in [1.82, 2.24) is 15.2 Å². The van der Waals surface area contributed by atoms with E-state index in [2.05, 4.69) is 15.2 Å². The minimum Gasteiger partial charge on any atom is -0.281 e. The Kier molecular flexibility index (Phi) is 1.15. The molecule has 0 aromatic carbocycles. The quantitative estimate of drug-likeness (QED) is 0.578. The van der Waals surface area contributed by atoms with Crippen LogP contribution in [0.25, 0.3) is 10.9 Å². The first-order valence-corrected chi connectivity index (χ1v) is 3.24. The Balaban J connectivity index is 2.96. The zero-order chi connectivity index (χ0) is 7.84. The number of halogens is 1. The summed E-state index contributed by atoms with van der Waals surface area (Å²) in [6.45, 7) is 1.76. The molecule has 0 amide bonds. The van der Waals surface area contributed by atoms with Crippen molar-refractivity contribution in [2.24, 2.45) is 0 Å². The second-order valence-electron chi connectivity index (χ2n) is 2.34. The van der Waals surface area contributed by atoms with Crippen molar-refractivity contribution < 1.29 is 4.39 Å². The number of hydrogen-bond acceptors (Lipinski definition) is 2. The van der Waals surface area contributed by atoms with E-state index < -0.39 is 5.95 Å². The fourth-order valence-corrected chi connectivity index (χ4v) is 1.07. The molecule has 2 rings (SSSR count). The topological polar surface area (TPSA) is 41.6 Å². The van der Waals surface area contributed by atoms with Crippen LogP contribution < -0.4 is 0 Å². The zero-order valence-corrected chi connectivity index (χ0v) is 5.93. The van der Waals surface area contributed by atoms with E-state index in [1.165, 1.54) is 6.20 Å². The van der Waals surface area contributed by atoms with Crippen LogP contribution in [0, 0.1) is 12.9 Å². The van der Waals surface area contributed by atoms with E-state index in [4.69, 9.17) is 0 Å². The Labute approximate surface area is 62.3 Å². The molecule has 0 atom stereocenters. The van der Waals surface area contributed by atoms with Crippen LogP contribution >= 0.6 is 0 Å². The molecular formula is C7H6FN3. The summed E-state index contributed by atoms with van der Waals surface area (Å²) in [5.74, 6) is -0.464. The molecule has 1 N–H and O–H groups in total. The van der Waals surface area contributed by atoms with Crippen LogP contribution in [0.4, 0.5) is 4.39 Å². The Morgan fingerprint density at radius 3 is 3.09 bits per heavy atom. The smallest absolute Gasteiger partial charge is 0.224 e. The molecule has 0 saturated heterocycles. The van der Waals surface area contributed by atoms with Crippen molar-refractivity contribution in [2.75, 3.05) is 0 Å². The SMILES string of the molecule is Cc1[nH]nc2ccnc(F)c12. The molecular weight excluding hydrogens is 145 g/mol. The van der Waals surface area contributed by atoms with Gasteiger partial charge in [-0.05, 0) is 13.0 Å². The van der Waals surface area contributed by atoms with Gasteiger partial charge >= 0.3 is 0 Å². The van der Waals surface area contributed by atoms with Gasteiger partial charge in [0.25, 0.3) is 0 Å². The van der Waals surface area contributed by atoms with E-state index in [-0.39, 0.29) is 0 Å². The number of nitrogens with one attached hydrogen (secondary N) is 1. The zero-order valence-electron chi connectivity index (χ0n) is 5.93. The third kappa shape index (κ3) is 0.790. The molecule has 4 heteroatoms. The van der Waals surface area contributed by atoms with Crippen LogP contribution in [0.15, 0.2) is 12.3 Å². The number of fused-ring (bicyclic) bond motifs is 1. The first kappa shape index (κ1) is 6.27. The lowest BCUT2D eigenvalue weighted by Crippen LogP contribution is -1.82. The summed E-state index contributed by atoms with van der Waals surface area (Å²) in [5.41, 5.74) is 1.33. The van der Waals surface area contributed by atoms with E-state index in [0.717, 1.165) is 0 Å². The van der Waals surface area contributed by atoms with Gasteiger partial charge in [0.1, 0.15) is 0 Å². The minimum absolute atomic E-state index is 0.464. The maximum absolute atomic E-state index is 12.9. The summed E-state index contributed by atoms with van der Waals surface area (Å²) >= 11 is 0. The molecule has 2 aromatic rings. The van der Waals surface area contributed by atoms with Crippen molar-refractivity contribution in [1.29, 1.82) is 0 Å². The average molecular weight is 151 g/mol. The highest BCUT2D eigenvalue weighted by Crippen LogP contribution is 2.15. The van der Waals surface area contributed by atoms with E-state index >= 15 is 0 Å². The molecule has 0 spiro atoms. The molecule has 0 bridgehead atoms. The number of hydrogen-bond donors (Lipinski definition) is 1. The standard InChI is InChI=1S/C7H6FN3/c1-4-6-5(11-10-4)2-3-9-7(6)8/h2-3H,1H3,(H,10,11). The van der Waals surface area contributed by atoms with E-state index in [0.29, 0.717) is 16.6 Å². The van der Waals surface area contributed by atoms with E-state index in [9.17, 15) is 4.39 Å². The highest BCUT2D eigenvalue weighted by Gasteiger charge is 2.06. The Morgan fingerprint density at radius 2 is 2.36 bits per heavy atom. The number of nitrogens with zero attached hydrogens (tertiary/aromatic N) is 2. The van der Waals surface area contributed by atoms with Crippen LogP contribution in [0.5, 0.6) is 0 Å². The molecule has 0 aliphatic heterocycles. The monoisotopic (exact) mass is 151 g/mol. The van der Waals surface area contributed by atoms with Gasteiger partial charge in [-0.25, -0.2) is 4.98 Å². The number of aryl methyl sites for hydroxylation is 1. The Morgan fingerprint density at radius 1 is 1.55 bits per heavy atom. The van der Waals surface area contributed by atoms with Gasteiger partial charge in [-0.1, -0.05) is 0 Å². The lowest BCUT2D eigenvalue weighted by atomic mass is 10.3. The molecule has 0 fully saturated rings. The van der Waals surface area contributed by atoms with Gasteiger partial charge in [-0.15, -0.1) is 0 Å². The number of aromatic amines is 1. The summed E-state index contributed by atoms with van der Waals surface area (Å²) < 4.78 is 12.9. The fraction of sp³-hybridized carbons (Fsp3) is 0.143. The summed E-state index contributed by atoms with van der Waals surface area (Å²) in [6, 6.07) is 1.67. The van der Waals surface area contributed by atoms with Gasteiger partial charge < -0.3 is 0 Å². The van der Waals surface area contributed by atoms with Gasteiger partial charge in [0.15, 0.2) is 0 Å². The maximum atomic E-state index is 12.9. The lowest BCUT2D eigenvalue weighted by molar-refractivity contribution is 0.596. The molecule has 56 valence electrons. The number of pyridine rings is 1.